The molecule has 3 unspecified atom stereocenters. The molecule has 1 aliphatic carbocycles. The summed E-state index contributed by atoms with van der Waals surface area (Å²) < 4.78 is 5.48. The van der Waals surface area contributed by atoms with Gasteiger partial charge in [0.2, 0.25) is 0 Å². The Bertz CT molecular complexity index is 311. The van der Waals surface area contributed by atoms with E-state index in [1.807, 2.05) is 25.7 Å². The van der Waals surface area contributed by atoms with Crippen molar-refractivity contribution in [3.8, 4) is 0 Å². The van der Waals surface area contributed by atoms with E-state index >= 15 is 0 Å². The van der Waals surface area contributed by atoms with Crippen molar-refractivity contribution in [1.82, 2.24) is 4.90 Å². The number of hydrogen-bond acceptors (Lipinski definition) is 3. The lowest BCUT2D eigenvalue weighted by molar-refractivity contribution is -0.0241. The zero-order chi connectivity index (χ0) is 13.3. The van der Waals surface area contributed by atoms with E-state index in [2.05, 4.69) is 0 Å². The minimum absolute atomic E-state index is 0.176. The average molecular weight is 255 g/mol. The summed E-state index contributed by atoms with van der Waals surface area (Å²) in [6.45, 7) is 6.50. The zero-order valence-corrected chi connectivity index (χ0v) is 11.7. The standard InChI is InChI=1S/C14H25NO3/c1-14(2,3)18-13(17)15-8-4-5-10-9-11(16)6-7-12(10)15/h10-12,16H,4-9H2,1-3H3. The number of likely N-dealkylation sites (tertiary alicyclic amines) is 1. The van der Waals surface area contributed by atoms with E-state index in [4.69, 9.17) is 4.74 Å². The summed E-state index contributed by atoms with van der Waals surface area (Å²) in [4.78, 5) is 14.1. The molecule has 104 valence electrons. The van der Waals surface area contributed by atoms with Crippen LogP contribution in [0.15, 0.2) is 0 Å². The monoisotopic (exact) mass is 255 g/mol. The van der Waals surface area contributed by atoms with Gasteiger partial charge in [0.05, 0.1) is 6.10 Å². The van der Waals surface area contributed by atoms with Crippen molar-refractivity contribution >= 4 is 6.09 Å². The molecular weight excluding hydrogens is 230 g/mol. The van der Waals surface area contributed by atoms with E-state index in [1.54, 1.807) is 0 Å². The third-order valence-electron chi connectivity index (χ3n) is 3.92. The Morgan fingerprint density at radius 2 is 2.00 bits per heavy atom. The molecule has 1 aliphatic heterocycles. The smallest absolute Gasteiger partial charge is 0.410 e. The number of hydrogen-bond donors (Lipinski definition) is 1. The first-order valence-electron chi connectivity index (χ1n) is 7.04. The molecule has 1 heterocycles. The number of ether oxygens (including phenoxy) is 1. The Morgan fingerprint density at radius 1 is 1.28 bits per heavy atom. The molecule has 0 spiro atoms. The molecule has 0 aromatic heterocycles. The highest BCUT2D eigenvalue weighted by molar-refractivity contribution is 5.68. The Kier molecular flexibility index (Phi) is 3.85. The van der Waals surface area contributed by atoms with Gasteiger partial charge in [0.15, 0.2) is 0 Å². The summed E-state index contributed by atoms with van der Waals surface area (Å²) in [5, 5.41) is 9.72. The Hall–Kier alpha value is -0.770. The molecule has 1 saturated carbocycles. The topological polar surface area (TPSA) is 49.8 Å². The van der Waals surface area contributed by atoms with Gasteiger partial charge >= 0.3 is 6.09 Å². The number of fused-ring (bicyclic) bond motifs is 1. The van der Waals surface area contributed by atoms with E-state index < -0.39 is 5.60 Å². The number of nitrogens with zero attached hydrogens (tertiary/aromatic N) is 1. The lowest BCUT2D eigenvalue weighted by Gasteiger charge is -2.45. The van der Waals surface area contributed by atoms with Gasteiger partial charge in [-0.25, -0.2) is 4.79 Å². The highest BCUT2D eigenvalue weighted by Crippen LogP contribution is 2.36. The molecular formula is C14H25NO3. The van der Waals surface area contributed by atoms with Crippen molar-refractivity contribution in [1.29, 1.82) is 0 Å². The molecule has 1 amide bonds. The fourth-order valence-corrected chi connectivity index (χ4v) is 3.18. The second-order valence-corrected chi connectivity index (χ2v) is 6.61. The molecule has 2 rings (SSSR count). The fraction of sp³-hybridized carbons (Fsp3) is 0.929. The summed E-state index contributed by atoms with van der Waals surface area (Å²) in [6.07, 6.45) is 4.34. The van der Waals surface area contributed by atoms with E-state index in [0.717, 1.165) is 38.6 Å². The number of aliphatic hydroxyl groups is 1. The summed E-state index contributed by atoms with van der Waals surface area (Å²) in [5.41, 5.74) is -0.432. The molecule has 0 aromatic rings. The Labute approximate surface area is 109 Å². The number of carbonyl (C=O) groups excluding carboxylic acids is 1. The highest BCUT2D eigenvalue weighted by Gasteiger charge is 2.39. The van der Waals surface area contributed by atoms with Crippen molar-refractivity contribution in [2.75, 3.05) is 6.54 Å². The van der Waals surface area contributed by atoms with E-state index in [-0.39, 0.29) is 18.2 Å². The minimum atomic E-state index is -0.432. The number of aliphatic hydroxyl groups excluding tert-OH is 1. The largest absolute Gasteiger partial charge is 0.444 e. The van der Waals surface area contributed by atoms with Crippen LogP contribution in [0, 0.1) is 5.92 Å². The van der Waals surface area contributed by atoms with Crippen LogP contribution < -0.4 is 0 Å². The van der Waals surface area contributed by atoms with E-state index in [0.29, 0.717) is 5.92 Å². The minimum Gasteiger partial charge on any atom is -0.444 e. The molecule has 1 N–H and O–H groups in total. The third kappa shape index (κ3) is 3.16. The SMILES string of the molecule is CC(C)(C)OC(=O)N1CCCC2CC(O)CCC21. The van der Waals surface area contributed by atoms with Crippen molar-refractivity contribution in [3.63, 3.8) is 0 Å². The molecule has 1 saturated heterocycles. The van der Waals surface area contributed by atoms with Crippen LogP contribution >= 0.6 is 0 Å². The van der Waals surface area contributed by atoms with Gasteiger partial charge in [-0.15, -0.1) is 0 Å². The van der Waals surface area contributed by atoms with Crippen molar-refractivity contribution in [2.24, 2.45) is 5.92 Å². The van der Waals surface area contributed by atoms with Crippen LogP contribution in [-0.2, 0) is 4.74 Å². The van der Waals surface area contributed by atoms with Crippen molar-refractivity contribution < 1.29 is 14.6 Å². The van der Waals surface area contributed by atoms with Gasteiger partial charge in [-0.05, 0) is 58.8 Å². The first-order valence-corrected chi connectivity index (χ1v) is 7.04. The second-order valence-electron chi connectivity index (χ2n) is 6.61. The van der Waals surface area contributed by atoms with Gasteiger partial charge in [0.25, 0.3) is 0 Å². The predicted molar refractivity (Wildman–Crippen MR) is 69.3 cm³/mol. The van der Waals surface area contributed by atoms with Crippen LogP contribution in [0.1, 0.15) is 52.9 Å². The lowest BCUT2D eigenvalue weighted by atomic mass is 9.77. The number of carbonyl (C=O) groups is 1. The quantitative estimate of drug-likeness (QED) is 0.723. The lowest BCUT2D eigenvalue weighted by Crippen LogP contribution is -2.52. The van der Waals surface area contributed by atoms with Gasteiger partial charge in [-0.2, -0.15) is 0 Å². The van der Waals surface area contributed by atoms with Gasteiger partial charge in [0.1, 0.15) is 5.60 Å². The molecule has 3 atom stereocenters. The molecule has 4 nitrogen and oxygen atoms in total. The van der Waals surface area contributed by atoms with Gasteiger partial charge < -0.3 is 14.7 Å². The third-order valence-corrected chi connectivity index (χ3v) is 3.92. The molecule has 0 radical (unpaired) electrons. The van der Waals surface area contributed by atoms with Crippen LogP contribution in [-0.4, -0.2) is 40.4 Å². The van der Waals surface area contributed by atoms with E-state index in [9.17, 15) is 9.90 Å². The first kappa shape index (κ1) is 13.7. The van der Waals surface area contributed by atoms with Crippen molar-refractivity contribution in [2.45, 2.75) is 70.6 Å². The maximum absolute atomic E-state index is 12.2. The normalized spacial score (nSPS) is 32.9. The maximum atomic E-state index is 12.2. The van der Waals surface area contributed by atoms with Crippen LogP contribution in [0.4, 0.5) is 4.79 Å². The highest BCUT2D eigenvalue weighted by atomic mass is 16.6. The van der Waals surface area contributed by atoms with E-state index in [1.165, 1.54) is 0 Å². The first-order chi connectivity index (χ1) is 8.37. The molecule has 2 aliphatic rings. The summed E-state index contributed by atoms with van der Waals surface area (Å²) >= 11 is 0. The number of amides is 1. The molecule has 4 heteroatoms. The summed E-state index contributed by atoms with van der Waals surface area (Å²) in [5.74, 6) is 0.454. The van der Waals surface area contributed by atoms with Crippen LogP contribution in [0.25, 0.3) is 0 Å². The van der Waals surface area contributed by atoms with Gasteiger partial charge in [0, 0.05) is 12.6 Å². The fourth-order valence-electron chi connectivity index (χ4n) is 3.18. The molecule has 18 heavy (non-hydrogen) atoms. The van der Waals surface area contributed by atoms with Crippen LogP contribution in [0.2, 0.25) is 0 Å². The zero-order valence-electron chi connectivity index (χ0n) is 11.7. The van der Waals surface area contributed by atoms with Crippen LogP contribution in [0.5, 0.6) is 0 Å². The average Bonchev–Trinajstić information content (AvgIpc) is 2.25. The molecule has 0 aromatic carbocycles. The predicted octanol–water partition coefficient (Wildman–Crippen LogP) is 2.55. The summed E-state index contributed by atoms with van der Waals surface area (Å²) in [7, 11) is 0. The molecule has 0 bridgehead atoms. The van der Waals surface area contributed by atoms with Gasteiger partial charge in [-0.1, -0.05) is 0 Å². The molecule has 2 fully saturated rings. The number of rotatable bonds is 0. The van der Waals surface area contributed by atoms with Gasteiger partial charge in [-0.3, -0.25) is 0 Å². The van der Waals surface area contributed by atoms with Crippen molar-refractivity contribution in [3.05, 3.63) is 0 Å². The maximum Gasteiger partial charge on any atom is 0.410 e. The van der Waals surface area contributed by atoms with Crippen LogP contribution in [0.3, 0.4) is 0 Å². The summed E-state index contributed by atoms with van der Waals surface area (Å²) in [6, 6.07) is 0.275. The Morgan fingerprint density at radius 3 is 2.67 bits per heavy atom. The number of piperidine rings is 1. The Balaban J connectivity index is 2.01. The second kappa shape index (κ2) is 5.08.